The van der Waals surface area contributed by atoms with E-state index in [-0.39, 0.29) is 12.0 Å². The van der Waals surface area contributed by atoms with Gasteiger partial charge in [-0.15, -0.1) is 0 Å². The molecule has 3 rings (SSSR count). The SMILES string of the molecule is Cc1ccc(C2CC(O)C(O)C2NC2CCOCC2)cc1. The van der Waals surface area contributed by atoms with Crippen LogP contribution in [0.1, 0.15) is 36.3 Å². The van der Waals surface area contributed by atoms with Crippen LogP contribution in [0.15, 0.2) is 24.3 Å². The maximum Gasteiger partial charge on any atom is 0.0957 e. The fraction of sp³-hybridized carbons (Fsp3) is 0.647. The molecule has 116 valence electrons. The summed E-state index contributed by atoms with van der Waals surface area (Å²) in [6.07, 6.45) is 1.22. The number of aliphatic hydroxyl groups excluding tert-OH is 2. The van der Waals surface area contributed by atoms with E-state index in [0.717, 1.165) is 26.1 Å². The van der Waals surface area contributed by atoms with E-state index in [2.05, 4.69) is 36.5 Å². The van der Waals surface area contributed by atoms with Crippen molar-refractivity contribution in [2.24, 2.45) is 0 Å². The highest BCUT2D eigenvalue weighted by atomic mass is 16.5. The lowest BCUT2D eigenvalue weighted by molar-refractivity contribution is 0.0205. The van der Waals surface area contributed by atoms with E-state index in [1.165, 1.54) is 11.1 Å². The number of nitrogens with one attached hydrogen (secondary N) is 1. The number of hydrogen-bond acceptors (Lipinski definition) is 4. The molecule has 1 aromatic rings. The van der Waals surface area contributed by atoms with Crippen LogP contribution in [0, 0.1) is 6.92 Å². The van der Waals surface area contributed by atoms with Crippen LogP contribution in [0.3, 0.4) is 0 Å². The number of rotatable bonds is 3. The fourth-order valence-electron chi connectivity index (χ4n) is 3.53. The third-order valence-electron chi connectivity index (χ3n) is 4.85. The molecule has 3 N–H and O–H groups in total. The Morgan fingerprint density at radius 1 is 1.10 bits per heavy atom. The van der Waals surface area contributed by atoms with Gasteiger partial charge < -0.3 is 20.3 Å². The van der Waals surface area contributed by atoms with Gasteiger partial charge in [0.2, 0.25) is 0 Å². The average Bonchev–Trinajstić information content (AvgIpc) is 2.78. The fourth-order valence-corrected chi connectivity index (χ4v) is 3.53. The largest absolute Gasteiger partial charge is 0.390 e. The molecule has 0 spiro atoms. The van der Waals surface area contributed by atoms with Crippen LogP contribution in [0.25, 0.3) is 0 Å². The average molecular weight is 291 g/mol. The first-order chi connectivity index (χ1) is 10.1. The first-order valence-electron chi connectivity index (χ1n) is 7.91. The summed E-state index contributed by atoms with van der Waals surface area (Å²) in [7, 11) is 0. The summed E-state index contributed by atoms with van der Waals surface area (Å²) in [6, 6.07) is 8.71. The minimum Gasteiger partial charge on any atom is -0.390 e. The molecule has 2 aliphatic rings. The van der Waals surface area contributed by atoms with Gasteiger partial charge in [-0.25, -0.2) is 0 Å². The Bertz CT molecular complexity index is 456. The van der Waals surface area contributed by atoms with Gasteiger partial charge in [0.25, 0.3) is 0 Å². The van der Waals surface area contributed by atoms with Crippen LogP contribution in [0.5, 0.6) is 0 Å². The molecule has 4 nitrogen and oxygen atoms in total. The van der Waals surface area contributed by atoms with E-state index >= 15 is 0 Å². The third-order valence-corrected chi connectivity index (χ3v) is 4.85. The molecule has 21 heavy (non-hydrogen) atoms. The summed E-state index contributed by atoms with van der Waals surface area (Å²) < 4.78 is 5.38. The van der Waals surface area contributed by atoms with Crippen LogP contribution in [-0.2, 0) is 4.74 Å². The molecular formula is C17H25NO3. The topological polar surface area (TPSA) is 61.7 Å². The molecule has 1 saturated carbocycles. The van der Waals surface area contributed by atoms with Crippen LogP contribution < -0.4 is 5.32 Å². The van der Waals surface area contributed by atoms with E-state index in [0.29, 0.717) is 12.5 Å². The smallest absolute Gasteiger partial charge is 0.0957 e. The predicted molar refractivity (Wildman–Crippen MR) is 81.3 cm³/mol. The normalized spacial score (nSPS) is 34.2. The zero-order chi connectivity index (χ0) is 14.8. The number of benzene rings is 1. The summed E-state index contributed by atoms with van der Waals surface area (Å²) in [4.78, 5) is 0. The van der Waals surface area contributed by atoms with Crippen LogP contribution in [0.2, 0.25) is 0 Å². The lowest BCUT2D eigenvalue weighted by Crippen LogP contribution is -2.48. The van der Waals surface area contributed by atoms with Crippen molar-refractivity contribution in [3.8, 4) is 0 Å². The molecule has 2 fully saturated rings. The number of ether oxygens (including phenoxy) is 1. The van der Waals surface area contributed by atoms with Crippen LogP contribution in [0.4, 0.5) is 0 Å². The van der Waals surface area contributed by atoms with Gasteiger partial charge in [-0.3, -0.25) is 0 Å². The maximum absolute atomic E-state index is 10.3. The van der Waals surface area contributed by atoms with Crippen LogP contribution in [-0.4, -0.2) is 47.7 Å². The Labute approximate surface area is 126 Å². The maximum atomic E-state index is 10.3. The van der Waals surface area contributed by atoms with Crippen molar-refractivity contribution in [3.05, 3.63) is 35.4 Å². The monoisotopic (exact) mass is 291 g/mol. The molecule has 1 saturated heterocycles. The minimum absolute atomic E-state index is 0.0780. The summed E-state index contributed by atoms with van der Waals surface area (Å²) >= 11 is 0. The highest BCUT2D eigenvalue weighted by molar-refractivity contribution is 5.28. The van der Waals surface area contributed by atoms with Gasteiger partial charge in [0.15, 0.2) is 0 Å². The zero-order valence-electron chi connectivity index (χ0n) is 12.5. The van der Waals surface area contributed by atoms with Gasteiger partial charge in [-0.05, 0) is 31.7 Å². The van der Waals surface area contributed by atoms with Gasteiger partial charge in [0, 0.05) is 31.2 Å². The highest BCUT2D eigenvalue weighted by Crippen LogP contribution is 2.36. The van der Waals surface area contributed by atoms with E-state index in [1.54, 1.807) is 0 Å². The lowest BCUT2D eigenvalue weighted by Gasteiger charge is -2.31. The first kappa shape index (κ1) is 15.0. The van der Waals surface area contributed by atoms with Crippen molar-refractivity contribution in [2.75, 3.05) is 13.2 Å². The van der Waals surface area contributed by atoms with E-state index in [4.69, 9.17) is 4.74 Å². The van der Waals surface area contributed by atoms with E-state index in [9.17, 15) is 10.2 Å². The summed E-state index contributed by atoms with van der Waals surface area (Å²) in [5, 5.41) is 24.0. The second kappa shape index (κ2) is 6.44. The molecule has 1 heterocycles. The minimum atomic E-state index is -0.695. The van der Waals surface area contributed by atoms with Gasteiger partial charge in [0.1, 0.15) is 0 Å². The van der Waals surface area contributed by atoms with E-state index < -0.39 is 12.2 Å². The molecule has 4 heteroatoms. The second-order valence-corrected chi connectivity index (χ2v) is 6.39. The van der Waals surface area contributed by atoms with Gasteiger partial charge in [-0.2, -0.15) is 0 Å². The Morgan fingerprint density at radius 2 is 1.76 bits per heavy atom. The standard InChI is InChI=1S/C17H25NO3/c1-11-2-4-12(5-3-11)14-10-15(19)17(20)16(14)18-13-6-8-21-9-7-13/h2-5,13-20H,6-10H2,1H3. The van der Waals surface area contributed by atoms with Crippen molar-refractivity contribution in [1.29, 1.82) is 0 Å². The van der Waals surface area contributed by atoms with Crippen molar-refractivity contribution >= 4 is 0 Å². The second-order valence-electron chi connectivity index (χ2n) is 6.39. The summed E-state index contributed by atoms with van der Waals surface area (Å²) in [5.74, 6) is 0.165. The Balaban J connectivity index is 1.75. The van der Waals surface area contributed by atoms with Crippen molar-refractivity contribution in [2.45, 2.75) is 56.4 Å². The molecule has 0 amide bonds. The Hall–Kier alpha value is -0.940. The molecule has 4 atom stereocenters. The van der Waals surface area contributed by atoms with Gasteiger partial charge in [0.05, 0.1) is 12.2 Å². The summed E-state index contributed by atoms with van der Waals surface area (Å²) in [6.45, 7) is 3.62. The third kappa shape index (κ3) is 3.29. The molecule has 4 unspecified atom stereocenters. The van der Waals surface area contributed by atoms with Gasteiger partial charge in [-0.1, -0.05) is 29.8 Å². The molecule has 0 bridgehead atoms. The Kier molecular flexibility index (Phi) is 4.60. The molecule has 1 aromatic carbocycles. The number of aryl methyl sites for hydroxylation is 1. The molecule has 1 aliphatic heterocycles. The van der Waals surface area contributed by atoms with Crippen molar-refractivity contribution in [3.63, 3.8) is 0 Å². The zero-order valence-corrected chi connectivity index (χ0v) is 12.5. The molecular weight excluding hydrogens is 266 g/mol. The van der Waals surface area contributed by atoms with Gasteiger partial charge >= 0.3 is 0 Å². The van der Waals surface area contributed by atoms with E-state index in [1.807, 2.05) is 0 Å². The predicted octanol–water partition coefficient (Wildman–Crippen LogP) is 1.34. The lowest BCUT2D eigenvalue weighted by atomic mass is 9.92. The first-order valence-corrected chi connectivity index (χ1v) is 7.91. The molecule has 1 aliphatic carbocycles. The number of aliphatic hydroxyl groups is 2. The number of hydrogen-bond donors (Lipinski definition) is 3. The highest BCUT2D eigenvalue weighted by Gasteiger charge is 2.43. The van der Waals surface area contributed by atoms with Crippen molar-refractivity contribution in [1.82, 2.24) is 5.32 Å². The molecule has 0 radical (unpaired) electrons. The molecule has 0 aromatic heterocycles. The quantitative estimate of drug-likeness (QED) is 0.786. The van der Waals surface area contributed by atoms with Crippen molar-refractivity contribution < 1.29 is 14.9 Å². The summed E-state index contributed by atoms with van der Waals surface area (Å²) in [5.41, 5.74) is 2.42. The van der Waals surface area contributed by atoms with Crippen LogP contribution >= 0.6 is 0 Å². The Morgan fingerprint density at radius 3 is 2.43 bits per heavy atom.